The maximum atomic E-state index is 13.3. The molecule has 1 unspecified atom stereocenters. The highest BCUT2D eigenvalue weighted by atomic mass is 35.5. The molecule has 0 saturated carbocycles. The minimum Gasteiger partial charge on any atom is -0.478 e. The molecule has 7 nitrogen and oxygen atoms in total. The first-order valence-electron chi connectivity index (χ1n) is 12.0. The molecule has 0 saturated heterocycles. The number of carbonyl (C=O) groups is 1. The van der Waals surface area contributed by atoms with Gasteiger partial charge in [-0.1, -0.05) is 60.1 Å². The zero-order valence-electron chi connectivity index (χ0n) is 20.6. The van der Waals surface area contributed by atoms with E-state index in [0.717, 1.165) is 16.7 Å². The number of carboxylic acids is 1. The van der Waals surface area contributed by atoms with Gasteiger partial charge in [-0.2, -0.15) is 0 Å². The van der Waals surface area contributed by atoms with Crippen molar-refractivity contribution in [2.75, 3.05) is 6.54 Å². The number of sulfonamides is 1. The minimum absolute atomic E-state index is 0.142. The molecular formula is C29H28ClN3O4S. The number of aromatic carboxylic acids is 1. The summed E-state index contributed by atoms with van der Waals surface area (Å²) in [5, 5.41) is 9.70. The van der Waals surface area contributed by atoms with Crippen LogP contribution in [0.2, 0.25) is 5.02 Å². The fraction of sp³-hybridized carbons (Fsp3) is 0.172. The predicted octanol–water partition coefficient (Wildman–Crippen LogP) is 5.03. The lowest BCUT2D eigenvalue weighted by atomic mass is 10.1. The van der Waals surface area contributed by atoms with Gasteiger partial charge in [-0.25, -0.2) is 17.9 Å². The molecule has 4 rings (SSSR count). The van der Waals surface area contributed by atoms with Gasteiger partial charge in [0.15, 0.2) is 0 Å². The van der Waals surface area contributed by atoms with Crippen LogP contribution < -0.4 is 4.72 Å². The standard InChI is InChI=1S/C29H28ClN3O4S/c30-26-12-14-28(15-13-26)38(36,37)32-27(17-22-5-2-1-3-6-22)21-33(20-24-7-4-16-31-18-24)19-23-8-10-25(11-9-23)29(34)35/h1-16,18,27,32H,17,19-21H2,(H,34,35). The van der Waals surface area contributed by atoms with E-state index in [2.05, 4.69) is 14.6 Å². The fourth-order valence-corrected chi connectivity index (χ4v) is 5.55. The summed E-state index contributed by atoms with van der Waals surface area (Å²) in [6, 6.07) is 25.9. The number of hydrogen-bond acceptors (Lipinski definition) is 5. The van der Waals surface area contributed by atoms with Crippen LogP contribution in [0.5, 0.6) is 0 Å². The summed E-state index contributed by atoms with van der Waals surface area (Å²) in [5.74, 6) is -0.983. The molecule has 0 aliphatic rings. The first-order valence-corrected chi connectivity index (χ1v) is 13.9. The summed E-state index contributed by atoms with van der Waals surface area (Å²) < 4.78 is 29.5. The van der Waals surface area contributed by atoms with Gasteiger partial charge in [0.05, 0.1) is 10.5 Å². The molecule has 1 heterocycles. The van der Waals surface area contributed by atoms with Crippen LogP contribution in [0.15, 0.2) is 108 Å². The van der Waals surface area contributed by atoms with E-state index in [4.69, 9.17) is 11.6 Å². The van der Waals surface area contributed by atoms with Crippen LogP contribution in [0.3, 0.4) is 0 Å². The first-order chi connectivity index (χ1) is 18.3. The lowest BCUT2D eigenvalue weighted by Gasteiger charge is -2.28. The van der Waals surface area contributed by atoms with Gasteiger partial charge in [-0.05, 0) is 65.6 Å². The third kappa shape index (κ3) is 7.97. The zero-order valence-corrected chi connectivity index (χ0v) is 22.1. The van der Waals surface area contributed by atoms with Crippen LogP contribution in [0.1, 0.15) is 27.0 Å². The number of pyridine rings is 1. The van der Waals surface area contributed by atoms with Crippen molar-refractivity contribution in [1.29, 1.82) is 0 Å². The Hall–Kier alpha value is -3.56. The van der Waals surface area contributed by atoms with Crippen molar-refractivity contribution in [3.05, 3.63) is 131 Å². The lowest BCUT2D eigenvalue weighted by Crippen LogP contribution is -2.44. The van der Waals surface area contributed by atoms with Crippen LogP contribution >= 0.6 is 11.6 Å². The third-order valence-corrected chi connectivity index (χ3v) is 7.77. The Morgan fingerprint density at radius 1 is 0.868 bits per heavy atom. The molecule has 196 valence electrons. The SMILES string of the molecule is O=C(O)c1ccc(CN(Cc2cccnc2)CC(Cc2ccccc2)NS(=O)(=O)c2ccc(Cl)cc2)cc1. The van der Waals surface area contributed by atoms with Gasteiger partial charge in [-0.3, -0.25) is 9.88 Å². The van der Waals surface area contributed by atoms with Crippen LogP contribution in [-0.4, -0.2) is 42.0 Å². The number of hydrogen-bond donors (Lipinski definition) is 2. The number of nitrogens with zero attached hydrogens (tertiary/aromatic N) is 2. The summed E-state index contributed by atoms with van der Waals surface area (Å²) in [6.07, 6.45) is 3.97. The zero-order chi connectivity index (χ0) is 27.0. The van der Waals surface area contributed by atoms with E-state index in [1.165, 1.54) is 12.1 Å². The molecular weight excluding hydrogens is 522 g/mol. The minimum atomic E-state index is -3.82. The number of aromatic nitrogens is 1. The van der Waals surface area contributed by atoms with Crippen LogP contribution in [-0.2, 0) is 29.5 Å². The van der Waals surface area contributed by atoms with Gasteiger partial charge in [-0.15, -0.1) is 0 Å². The largest absolute Gasteiger partial charge is 0.478 e. The average molecular weight is 550 g/mol. The summed E-state index contributed by atoms with van der Waals surface area (Å²) in [4.78, 5) is 17.8. The Bertz CT molecular complexity index is 1430. The van der Waals surface area contributed by atoms with E-state index >= 15 is 0 Å². The van der Waals surface area contributed by atoms with Gasteiger partial charge in [0.25, 0.3) is 0 Å². The van der Waals surface area contributed by atoms with Crippen molar-refractivity contribution in [2.45, 2.75) is 30.4 Å². The Morgan fingerprint density at radius 2 is 1.53 bits per heavy atom. The molecule has 0 radical (unpaired) electrons. The van der Waals surface area contributed by atoms with Crippen LogP contribution in [0, 0.1) is 0 Å². The number of nitrogens with one attached hydrogen (secondary N) is 1. The summed E-state index contributed by atoms with van der Waals surface area (Å²) >= 11 is 5.97. The van der Waals surface area contributed by atoms with E-state index in [1.54, 1.807) is 48.8 Å². The van der Waals surface area contributed by atoms with E-state index in [0.29, 0.717) is 31.1 Å². The molecule has 0 aliphatic carbocycles. The summed E-state index contributed by atoms with van der Waals surface area (Å²) in [7, 11) is -3.82. The van der Waals surface area contributed by atoms with E-state index in [1.807, 2.05) is 42.5 Å². The highest BCUT2D eigenvalue weighted by Gasteiger charge is 2.23. The predicted molar refractivity (Wildman–Crippen MR) is 147 cm³/mol. The molecule has 9 heteroatoms. The molecule has 0 spiro atoms. The average Bonchev–Trinajstić information content (AvgIpc) is 2.90. The third-order valence-electron chi connectivity index (χ3n) is 5.99. The highest BCUT2D eigenvalue weighted by molar-refractivity contribution is 7.89. The fourth-order valence-electron chi connectivity index (χ4n) is 4.20. The first kappa shape index (κ1) is 27.5. The molecule has 0 bridgehead atoms. The second kappa shape index (κ2) is 12.8. The van der Waals surface area contributed by atoms with E-state index < -0.39 is 22.0 Å². The number of benzene rings is 3. The second-order valence-corrected chi connectivity index (χ2v) is 11.1. The smallest absolute Gasteiger partial charge is 0.335 e. The Kier molecular flexibility index (Phi) is 9.25. The van der Waals surface area contributed by atoms with E-state index in [-0.39, 0.29) is 10.5 Å². The summed E-state index contributed by atoms with van der Waals surface area (Å²) in [6.45, 7) is 1.42. The maximum absolute atomic E-state index is 13.3. The van der Waals surface area contributed by atoms with Gasteiger partial charge >= 0.3 is 5.97 Å². The number of carboxylic acid groups (broad SMARTS) is 1. The molecule has 0 fully saturated rings. The van der Waals surface area contributed by atoms with Crippen LogP contribution in [0.4, 0.5) is 0 Å². The van der Waals surface area contributed by atoms with Crippen molar-refractivity contribution < 1.29 is 18.3 Å². The normalized spacial score (nSPS) is 12.4. The number of halogens is 1. The molecule has 1 atom stereocenters. The molecule has 1 aromatic heterocycles. The monoisotopic (exact) mass is 549 g/mol. The maximum Gasteiger partial charge on any atom is 0.335 e. The molecule has 2 N–H and O–H groups in total. The summed E-state index contributed by atoms with van der Waals surface area (Å²) in [5.41, 5.74) is 3.11. The van der Waals surface area contributed by atoms with Crippen molar-refractivity contribution >= 4 is 27.6 Å². The van der Waals surface area contributed by atoms with Crippen molar-refractivity contribution in [3.8, 4) is 0 Å². The van der Waals surface area contributed by atoms with Crippen LogP contribution in [0.25, 0.3) is 0 Å². The van der Waals surface area contributed by atoms with Crippen molar-refractivity contribution in [3.63, 3.8) is 0 Å². The Labute approximate surface area is 227 Å². The van der Waals surface area contributed by atoms with Crippen molar-refractivity contribution in [2.24, 2.45) is 0 Å². The molecule has 38 heavy (non-hydrogen) atoms. The second-order valence-electron chi connectivity index (χ2n) is 8.99. The Balaban J connectivity index is 1.61. The highest BCUT2D eigenvalue weighted by Crippen LogP contribution is 2.17. The lowest BCUT2D eigenvalue weighted by molar-refractivity contribution is 0.0697. The van der Waals surface area contributed by atoms with Gasteiger partial charge < -0.3 is 5.11 Å². The van der Waals surface area contributed by atoms with Gasteiger partial charge in [0.1, 0.15) is 0 Å². The molecule has 0 aliphatic heterocycles. The molecule has 3 aromatic carbocycles. The topological polar surface area (TPSA) is 99.6 Å². The van der Waals surface area contributed by atoms with Gasteiger partial charge in [0, 0.05) is 43.1 Å². The quantitative estimate of drug-likeness (QED) is 0.257. The molecule has 0 amide bonds. The van der Waals surface area contributed by atoms with Gasteiger partial charge in [0.2, 0.25) is 10.0 Å². The Morgan fingerprint density at radius 3 is 2.16 bits per heavy atom. The number of rotatable bonds is 12. The van der Waals surface area contributed by atoms with Crippen molar-refractivity contribution in [1.82, 2.24) is 14.6 Å². The molecule has 4 aromatic rings. The van der Waals surface area contributed by atoms with E-state index in [9.17, 15) is 18.3 Å².